The maximum atomic E-state index is 2.51. The monoisotopic (exact) mass is 210 g/mol. The second-order valence-corrected chi connectivity index (χ2v) is 4.72. The molecule has 3 heteroatoms. The van der Waals surface area contributed by atoms with Gasteiger partial charge in [-0.1, -0.05) is 5.69 Å². The predicted octanol–water partition coefficient (Wildman–Crippen LogP) is -0.390. The van der Waals surface area contributed by atoms with Gasteiger partial charge in [0.25, 0.3) is 0 Å². The van der Waals surface area contributed by atoms with Gasteiger partial charge in [-0.15, -0.1) is 11.8 Å². The molecular weight excluding hydrogens is 191 g/mol. The van der Waals surface area contributed by atoms with Gasteiger partial charge < -0.3 is 9.80 Å². The summed E-state index contributed by atoms with van der Waals surface area (Å²) in [4.78, 5) is 5.03. The first kappa shape index (κ1) is 12.0. The second kappa shape index (κ2) is 5.25. The van der Waals surface area contributed by atoms with Crippen LogP contribution in [0, 0.1) is 0 Å². The molecule has 2 saturated heterocycles. The van der Waals surface area contributed by atoms with Gasteiger partial charge >= 0.3 is 18.9 Å². The fraction of sp³-hybridized carbons (Fsp3) is 0.615. The molecule has 82 valence electrons. The van der Waals surface area contributed by atoms with Crippen molar-refractivity contribution in [3.8, 4) is 0 Å². The molecule has 0 bridgehead atoms. The van der Waals surface area contributed by atoms with Crippen molar-refractivity contribution in [1.82, 2.24) is 0 Å². The molecule has 0 aromatic heterocycles. The average Bonchev–Trinajstić information content (AvgIpc) is 3.02. The van der Waals surface area contributed by atoms with E-state index in [0.717, 1.165) is 0 Å². The van der Waals surface area contributed by atoms with E-state index in [1.54, 1.807) is 0 Å². The Labute approximate surface area is 110 Å². The molecule has 2 nitrogen and oxygen atoms in total. The normalized spacial score (nSPS) is 20.2. The summed E-state index contributed by atoms with van der Waals surface area (Å²) in [5.74, 6) is 0. The van der Waals surface area contributed by atoms with E-state index in [1.807, 2.05) is 0 Å². The molecule has 0 spiro atoms. The third-order valence-corrected chi connectivity index (χ3v) is 3.66. The molecule has 2 aliphatic rings. The standard InChI is InChI=1S/C13H19N2.Li/c1-2-8-14(7-1)12-5-6-13(11-12)15-9-3-4-10-15;/h5-6,11H,1-4,7-10H2;/q-1;+1. The van der Waals surface area contributed by atoms with Crippen LogP contribution in [0.15, 0.2) is 18.2 Å². The van der Waals surface area contributed by atoms with Crippen molar-refractivity contribution in [1.29, 1.82) is 0 Å². The Morgan fingerprint density at radius 3 is 2.25 bits per heavy atom. The summed E-state index contributed by atoms with van der Waals surface area (Å²) < 4.78 is 0. The largest absolute Gasteiger partial charge is 1.00 e. The molecule has 0 saturated carbocycles. The second-order valence-electron chi connectivity index (χ2n) is 4.72. The predicted molar refractivity (Wildman–Crippen MR) is 64.9 cm³/mol. The molecule has 0 N–H and O–H groups in total. The number of anilines is 2. The third kappa shape index (κ3) is 2.29. The summed E-state index contributed by atoms with van der Waals surface area (Å²) in [6.07, 6.45) is 5.46. The van der Waals surface area contributed by atoms with Crippen LogP contribution in [0.25, 0.3) is 0 Å². The van der Waals surface area contributed by atoms with Crippen LogP contribution >= 0.6 is 0 Å². The summed E-state index contributed by atoms with van der Waals surface area (Å²) in [6, 6.07) is 6.95. The van der Waals surface area contributed by atoms with Gasteiger partial charge in [-0.3, -0.25) is 0 Å². The fourth-order valence-corrected chi connectivity index (χ4v) is 2.76. The van der Waals surface area contributed by atoms with E-state index in [2.05, 4.69) is 28.0 Å². The van der Waals surface area contributed by atoms with Crippen molar-refractivity contribution in [3.05, 3.63) is 18.2 Å². The van der Waals surface area contributed by atoms with Crippen LogP contribution in [-0.4, -0.2) is 26.2 Å². The Morgan fingerprint density at radius 1 is 0.938 bits per heavy atom. The Kier molecular flexibility index (Phi) is 3.94. The first-order valence-electron chi connectivity index (χ1n) is 6.20. The van der Waals surface area contributed by atoms with Crippen LogP contribution in [0.3, 0.4) is 0 Å². The first-order chi connectivity index (χ1) is 7.43. The summed E-state index contributed by atoms with van der Waals surface area (Å²) in [5, 5.41) is 0. The van der Waals surface area contributed by atoms with Crippen molar-refractivity contribution in [3.63, 3.8) is 0 Å². The van der Waals surface area contributed by atoms with Crippen LogP contribution < -0.4 is 28.7 Å². The molecule has 1 aromatic carbocycles. The van der Waals surface area contributed by atoms with E-state index >= 15 is 0 Å². The zero-order valence-electron chi connectivity index (χ0n) is 10.3. The Balaban J connectivity index is 0.000000963. The summed E-state index contributed by atoms with van der Waals surface area (Å²) in [5.41, 5.74) is 2.88. The minimum atomic E-state index is 0. The van der Waals surface area contributed by atoms with E-state index in [0.29, 0.717) is 0 Å². The molecule has 1 aromatic rings. The summed E-state index contributed by atoms with van der Waals surface area (Å²) in [6.45, 7) is 5.01. The smallest absolute Gasteiger partial charge is 0.433 e. The van der Waals surface area contributed by atoms with Gasteiger partial charge in [0.05, 0.1) is 0 Å². The van der Waals surface area contributed by atoms with Gasteiger partial charge in [0.1, 0.15) is 0 Å². The topological polar surface area (TPSA) is 6.48 Å². The Bertz CT molecular complexity index is 292. The fourth-order valence-electron chi connectivity index (χ4n) is 2.76. The number of hydrogen-bond acceptors (Lipinski definition) is 2. The van der Waals surface area contributed by atoms with E-state index in [4.69, 9.17) is 0 Å². The molecule has 2 heterocycles. The molecule has 2 aliphatic heterocycles. The van der Waals surface area contributed by atoms with Crippen molar-refractivity contribution in [2.45, 2.75) is 25.7 Å². The van der Waals surface area contributed by atoms with Crippen LogP contribution in [0.4, 0.5) is 11.4 Å². The molecule has 3 rings (SSSR count). The molecule has 0 amide bonds. The molecular formula is C13H19LiN2. The van der Waals surface area contributed by atoms with Gasteiger partial charge in [-0.05, 0) is 25.7 Å². The minimum Gasteiger partial charge on any atom is -0.433 e. The van der Waals surface area contributed by atoms with Crippen LogP contribution in [0.2, 0.25) is 0 Å². The molecule has 0 aliphatic carbocycles. The zero-order chi connectivity index (χ0) is 10.1. The first-order valence-corrected chi connectivity index (χ1v) is 6.20. The third-order valence-electron chi connectivity index (χ3n) is 3.66. The van der Waals surface area contributed by atoms with Crippen LogP contribution in [0.1, 0.15) is 25.7 Å². The Hall–Kier alpha value is -0.453. The van der Waals surface area contributed by atoms with Crippen molar-refractivity contribution < 1.29 is 18.9 Å². The van der Waals surface area contributed by atoms with Gasteiger partial charge in [0.2, 0.25) is 0 Å². The van der Waals surface area contributed by atoms with E-state index in [1.165, 1.54) is 63.2 Å². The summed E-state index contributed by atoms with van der Waals surface area (Å²) >= 11 is 0. The minimum absolute atomic E-state index is 0. The van der Waals surface area contributed by atoms with Gasteiger partial charge in [0.15, 0.2) is 0 Å². The zero-order valence-corrected chi connectivity index (χ0v) is 10.3. The average molecular weight is 210 g/mol. The molecule has 0 radical (unpaired) electrons. The van der Waals surface area contributed by atoms with E-state index in [-0.39, 0.29) is 18.9 Å². The van der Waals surface area contributed by atoms with Gasteiger partial charge in [-0.25, -0.2) is 0 Å². The van der Waals surface area contributed by atoms with Crippen LogP contribution in [0.5, 0.6) is 0 Å². The van der Waals surface area contributed by atoms with Crippen molar-refractivity contribution in [2.24, 2.45) is 0 Å². The molecule has 0 atom stereocenters. The number of hydrogen-bond donors (Lipinski definition) is 0. The van der Waals surface area contributed by atoms with Crippen LogP contribution in [-0.2, 0) is 0 Å². The SMILES string of the molecule is [Li+].c1c[c-](N2CCCC2)cc1N1CCCC1. The Morgan fingerprint density at radius 2 is 1.56 bits per heavy atom. The van der Waals surface area contributed by atoms with E-state index in [9.17, 15) is 0 Å². The molecule has 0 unspecified atom stereocenters. The van der Waals surface area contributed by atoms with Gasteiger partial charge in [-0.2, -0.15) is 12.1 Å². The number of rotatable bonds is 2. The van der Waals surface area contributed by atoms with Crippen molar-refractivity contribution in [2.75, 3.05) is 36.0 Å². The maximum Gasteiger partial charge on any atom is 1.00 e. The number of nitrogens with zero attached hydrogens (tertiary/aromatic N) is 2. The maximum absolute atomic E-state index is 2.51. The quantitative estimate of drug-likeness (QED) is 0.484. The molecule has 16 heavy (non-hydrogen) atoms. The summed E-state index contributed by atoms with van der Waals surface area (Å²) in [7, 11) is 0. The molecule has 2 fully saturated rings. The van der Waals surface area contributed by atoms with Gasteiger partial charge in [0, 0.05) is 26.2 Å². The van der Waals surface area contributed by atoms with Crippen molar-refractivity contribution >= 4 is 11.4 Å². The van der Waals surface area contributed by atoms with E-state index < -0.39 is 0 Å².